The number of fused-ring (bicyclic) bond motifs is 10. The lowest BCUT2D eigenvalue weighted by atomic mass is 9.80. The Hall–Kier alpha value is -7.63. The third-order valence-corrected chi connectivity index (χ3v) is 12.2. The largest absolute Gasteiger partial charge is 0.456 e. The second-order valence-corrected chi connectivity index (χ2v) is 16.0. The van der Waals surface area contributed by atoms with E-state index in [1.807, 2.05) is 42.5 Å². The summed E-state index contributed by atoms with van der Waals surface area (Å²) in [4.78, 5) is 15.2. The van der Waals surface area contributed by atoms with Gasteiger partial charge in [-0.1, -0.05) is 141 Å². The van der Waals surface area contributed by atoms with Crippen LogP contribution in [0, 0.1) is 0 Å². The van der Waals surface area contributed by atoms with Crippen molar-refractivity contribution in [1.29, 1.82) is 0 Å². The molecule has 0 bridgehead atoms. The molecular formula is C54H36N4O. The van der Waals surface area contributed by atoms with Gasteiger partial charge in [-0.25, -0.2) is 15.0 Å². The van der Waals surface area contributed by atoms with Crippen LogP contribution in [0.1, 0.15) is 25.0 Å². The second-order valence-electron chi connectivity index (χ2n) is 16.0. The van der Waals surface area contributed by atoms with Gasteiger partial charge in [-0.15, -0.1) is 0 Å². The molecular weight excluding hydrogens is 721 g/mol. The zero-order valence-electron chi connectivity index (χ0n) is 32.5. The zero-order chi connectivity index (χ0) is 39.2. The van der Waals surface area contributed by atoms with Crippen LogP contribution in [0.4, 0.5) is 0 Å². The molecule has 8 aromatic carbocycles. The predicted molar refractivity (Wildman–Crippen MR) is 241 cm³/mol. The van der Waals surface area contributed by atoms with Gasteiger partial charge in [0.15, 0.2) is 17.5 Å². The molecule has 0 aliphatic heterocycles. The lowest BCUT2D eigenvalue weighted by Crippen LogP contribution is -2.15. The average molecular weight is 757 g/mol. The Balaban J connectivity index is 0.984. The van der Waals surface area contributed by atoms with E-state index >= 15 is 0 Å². The minimum Gasteiger partial charge on any atom is -0.456 e. The van der Waals surface area contributed by atoms with E-state index in [4.69, 9.17) is 19.4 Å². The summed E-state index contributed by atoms with van der Waals surface area (Å²) in [5, 5.41) is 4.73. The molecule has 11 aromatic rings. The highest BCUT2D eigenvalue weighted by Gasteiger charge is 2.38. The topological polar surface area (TPSA) is 56.7 Å². The van der Waals surface area contributed by atoms with Crippen molar-refractivity contribution < 1.29 is 4.42 Å². The van der Waals surface area contributed by atoms with Crippen molar-refractivity contribution in [2.24, 2.45) is 0 Å². The highest BCUT2D eigenvalue weighted by atomic mass is 16.3. The fourth-order valence-corrected chi connectivity index (χ4v) is 9.54. The Kier molecular flexibility index (Phi) is 7.20. The SMILES string of the molecule is CC1(C)c2ccccc2-c2ccc3c(c21)c1ccccc1n3-c1ccc(-c2nc(-c3ccccc3)nc(-c3ccc4c(c3)oc3cccc(-c5ccccc5)c34)n2)cc1. The molecule has 59 heavy (non-hydrogen) atoms. The van der Waals surface area contributed by atoms with Crippen LogP contribution in [-0.4, -0.2) is 19.5 Å². The standard InChI is InChI=1S/C54H36N4O/c1-54(2)43-21-11-9-18-39(43)40-30-31-45-49(50(40)54)41-19-10-12-22-44(41)58(45)37-27-24-35(25-28-37)52-55-51(34-16-7-4-8-17-34)56-53(57-52)36-26-29-42-47(32-36)59-46-23-13-20-38(48(42)46)33-14-5-3-6-15-33/h3-32H,1-2H3. The van der Waals surface area contributed by atoms with Crippen molar-refractivity contribution in [3.8, 4) is 62.1 Å². The maximum atomic E-state index is 6.49. The van der Waals surface area contributed by atoms with Gasteiger partial charge in [0.2, 0.25) is 0 Å². The smallest absolute Gasteiger partial charge is 0.164 e. The van der Waals surface area contributed by atoms with E-state index < -0.39 is 0 Å². The van der Waals surface area contributed by atoms with E-state index in [1.165, 1.54) is 44.1 Å². The van der Waals surface area contributed by atoms with Gasteiger partial charge in [0, 0.05) is 49.3 Å². The minimum absolute atomic E-state index is 0.128. The molecule has 1 aliphatic rings. The normalized spacial score (nSPS) is 13.1. The Morgan fingerprint density at radius 3 is 1.83 bits per heavy atom. The Morgan fingerprint density at radius 1 is 0.424 bits per heavy atom. The van der Waals surface area contributed by atoms with Crippen LogP contribution >= 0.6 is 0 Å². The van der Waals surface area contributed by atoms with Gasteiger partial charge in [0.1, 0.15) is 11.2 Å². The van der Waals surface area contributed by atoms with Gasteiger partial charge in [0.05, 0.1) is 11.0 Å². The van der Waals surface area contributed by atoms with Gasteiger partial charge < -0.3 is 8.98 Å². The highest BCUT2D eigenvalue weighted by molar-refractivity contribution is 6.15. The van der Waals surface area contributed by atoms with Crippen LogP contribution in [0.3, 0.4) is 0 Å². The number of aromatic nitrogens is 4. The summed E-state index contributed by atoms with van der Waals surface area (Å²) >= 11 is 0. The van der Waals surface area contributed by atoms with E-state index in [0.29, 0.717) is 17.5 Å². The van der Waals surface area contributed by atoms with Gasteiger partial charge in [-0.05, 0) is 88.0 Å². The number of nitrogens with zero attached hydrogens (tertiary/aromatic N) is 4. The molecule has 12 rings (SSSR count). The summed E-state index contributed by atoms with van der Waals surface area (Å²) in [6, 6.07) is 64.0. The van der Waals surface area contributed by atoms with Crippen molar-refractivity contribution in [3.63, 3.8) is 0 Å². The molecule has 1 aliphatic carbocycles. The third-order valence-electron chi connectivity index (χ3n) is 12.2. The fourth-order valence-electron chi connectivity index (χ4n) is 9.54. The fraction of sp³-hybridized carbons (Fsp3) is 0.0556. The van der Waals surface area contributed by atoms with Crippen LogP contribution in [0.5, 0.6) is 0 Å². The Labute approximate surface area is 340 Å². The van der Waals surface area contributed by atoms with Crippen molar-refractivity contribution in [2.75, 3.05) is 0 Å². The first-order chi connectivity index (χ1) is 29.0. The van der Waals surface area contributed by atoms with Gasteiger partial charge in [0.25, 0.3) is 0 Å². The first-order valence-electron chi connectivity index (χ1n) is 20.1. The van der Waals surface area contributed by atoms with E-state index in [9.17, 15) is 0 Å². The monoisotopic (exact) mass is 756 g/mol. The molecule has 3 heterocycles. The van der Waals surface area contributed by atoms with Gasteiger partial charge >= 0.3 is 0 Å². The van der Waals surface area contributed by atoms with Crippen LogP contribution in [0.15, 0.2) is 186 Å². The minimum atomic E-state index is -0.128. The molecule has 0 N–H and O–H groups in total. The summed E-state index contributed by atoms with van der Waals surface area (Å²) < 4.78 is 8.89. The first kappa shape index (κ1) is 33.5. The summed E-state index contributed by atoms with van der Waals surface area (Å²) in [6.45, 7) is 4.72. The van der Waals surface area contributed by atoms with E-state index in [1.54, 1.807) is 0 Å². The Bertz CT molecular complexity index is 3450. The molecule has 5 heteroatoms. The third kappa shape index (κ3) is 5.08. The summed E-state index contributed by atoms with van der Waals surface area (Å²) in [5.74, 6) is 1.81. The lowest BCUT2D eigenvalue weighted by molar-refractivity contribution is 0.666. The maximum absolute atomic E-state index is 6.49. The zero-order valence-corrected chi connectivity index (χ0v) is 32.5. The molecule has 0 saturated carbocycles. The number of rotatable bonds is 5. The van der Waals surface area contributed by atoms with Crippen molar-refractivity contribution in [3.05, 3.63) is 193 Å². The number of benzene rings is 8. The first-order valence-corrected chi connectivity index (χ1v) is 20.1. The molecule has 0 atom stereocenters. The van der Waals surface area contributed by atoms with Crippen molar-refractivity contribution in [1.82, 2.24) is 19.5 Å². The van der Waals surface area contributed by atoms with Crippen LogP contribution < -0.4 is 0 Å². The molecule has 3 aromatic heterocycles. The quantitative estimate of drug-likeness (QED) is 0.175. The summed E-state index contributed by atoms with van der Waals surface area (Å²) in [5.41, 5.74) is 15.4. The molecule has 0 fully saturated rings. The molecule has 0 spiro atoms. The molecule has 5 nitrogen and oxygen atoms in total. The number of hydrogen-bond donors (Lipinski definition) is 0. The molecule has 0 saturated heterocycles. The lowest BCUT2D eigenvalue weighted by Gasteiger charge is -2.22. The average Bonchev–Trinajstić information content (AvgIpc) is 3.92. The molecule has 278 valence electrons. The van der Waals surface area contributed by atoms with Crippen LogP contribution in [0.2, 0.25) is 0 Å². The Morgan fingerprint density at radius 2 is 1.05 bits per heavy atom. The van der Waals surface area contributed by atoms with Gasteiger partial charge in [-0.2, -0.15) is 0 Å². The number of para-hydroxylation sites is 1. The summed E-state index contributed by atoms with van der Waals surface area (Å²) in [6.07, 6.45) is 0. The molecule has 0 unspecified atom stereocenters. The van der Waals surface area contributed by atoms with E-state index in [2.05, 4.69) is 158 Å². The van der Waals surface area contributed by atoms with E-state index in [-0.39, 0.29) is 5.41 Å². The molecule has 0 radical (unpaired) electrons. The number of furan rings is 1. The van der Waals surface area contributed by atoms with Gasteiger partial charge in [-0.3, -0.25) is 0 Å². The predicted octanol–water partition coefficient (Wildman–Crippen LogP) is 13.8. The van der Waals surface area contributed by atoms with E-state index in [0.717, 1.165) is 55.4 Å². The number of hydrogen-bond acceptors (Lipinski definition) is 4. The second kappa shape index (κ2) is 12.7. The van der Waals surface area contributed by atoms with Crippen molar-refractivity contribution >= 4 is 43.7 Å². The van der Waals surface area contributed by atoms with Crippen LogP contribution in [0.25, 0.3) is 106 Å². The van der Waals surface area contributed by atoms with Crippen LogP contribution in [-0.2, 0) is 5.41 Å². The van der Waals surface area contributed by atoms with Crippen molar-refractivity contribution in [2.45, 2.75) is 19.3 Å². The summed E-state index contributed by atoms with van der Waals surface area (Å²) in [7, 11) is 0. The highest BCUT2D eigenvalue weighted by Crippen LogP contribution is 2.53. The maximum Gasteiger partial charge on any atom is 0.164 e. The molecule has 0 amide bonds.